The molecule has 4 heteroatoms. The van der Waals surface area contributed by atoms with E-state index in [4.69, 9.17) is 23.2 Å². The number of anilines is 1. The number of nitrogens with one attached hydrogen (secondary N) is 1. The largest absolute Gasteiger partial charge is 0.378 e. The fourth-order valence-electron chi connectivity index (χ4n) is 1.89. The second-order valence-corrected chi connectivity index (χ2v) is 6.23. The Kier molecular flexibility index (Phi) is 4.77. The Morgan fingerprint density at radius 1 is 1.05 bits per heavy atom. The third-order valence-corrected chi connectivity index (χ3v) is 4.24. The molecule has 0 saturated carbocycles. The second kappa shape index (κ2) is 6.17. The molecule has 2 aromatic rings. The molecule has 19 heavy (non-hydrogen) atoms. The molecule has 0 heterocycles. The van der Waals surface area contributed by atoms with Crippen LogP contribution >= 0.6 is 39.1 Å². The molecule has 1 nitrogen and oxygen atoms in total. The molecule has 0 spiro atoms. The van der Waals surface area contributed by atoms with Crippen molar-refractivity contribution in [3.8, 4) is 0 Å². The minimum absolute atomic E-state index is 0.162. The van der Waals surface area contributed by atoms with Crippen LogP contribution in [-0.4, -0.2) is 0 Å². The van der Waals surface area contributed by atoms with E-state index in [-0.39, 0.29) is 6.04 Å². The summed E-state index contributed by atoms with van der Waals surface area (Å²) in [5, 5.41) is 4.64. The first kappa shape index (κ1) is 14.7. The van der Waals surface area contributed by atoms with Gasteiger partial charge in [-0.15, -0.1) is 0 Å². The summed E-state index contributed by atoms with van der Waals surface area (Å²) in [5.41, 5.74) is 3.42. The lowest BCUT2D eigenvalue weighted by atomic mass is 10.1. The molecule has 0 fully saturated rings. The van der Waals surface area contributed by atoms with Gasteiger partial charge in [-0.3, -0.25) is 0 Å². The van der Waals surface area contributed by atoms with Crippen LogP contribution in [0.25, 0.3) is 0 Å². The smallest absolute Gasteiger partial charge is 0.0595 e. The lowest BCUT2D eigenvalue weighted by molar-refractivity contribution is 0.882. The number of rotatable bonds is 3. The highest BCUT2D eigenvalue weighted by molar-refractivity contribution is 9.10. The van der Waals surface area contributed by atoms with Crippen molar-refractivity contribution in [2.45, 2.75) is 19.9 Å². The molecule has 1 atom stereocenters. The molecule has 0 amide bonds. The summed E-state index contributed by atoms with van der Waals surface area (Å²) in [6.07, 6.45) is 0. The number of halogens is 3. The Morgan fingerprint density at radius 2 is 1.79 bits per heavy atom. The molecule has 1 N–H and O–H groups in total. The van der Waals surface area contributed by atoms with E-state index in [1.807, 2.05) is 24.3 Å². The van der Waals surface area contributed by atoms with E-state index in [1.165, 1.54) is 5.56 Å². The zero-order chi connectivity index (χ0) is 14.0. The van der Waals surface area contributed by atoms with Crippen LogP contribution < -0.4 is 5.32 Å². The molecular weight excluding hydrogens is 345 g/mol. The summed E-state index contributed by atoms with van der Waals surface area (Å²) in [7, 11) is 0. The van der Waals surface area contributed by atoms with Gasteiger partial charge in [-0.2, -0.15) is 0 Å². The van der Waals surface area contributed by atoms with Crippen LogP contribution in [-0.2, 0) is 0 Å². The van der Waals surface area contributed by atoms with Gasteiger partial charge in [-0.05, 0) is 55.3 Å². The lowest BCUT2D eigenvalue weighted by Gasteiger charge is -2.18. The van der Waals surface area contributed by atoms with Crippen LogP contribution in [0.4, 0.5) is 5.69 Å². The van der Waals surface area contributed by atoms with Crippen molar-refractivity contribution < 1.29 is 0 Å². The number of aryl methyl sites for hydroxylation is 1. The molecule has 0 aromatic heterocycles. The number of benzene rings is 2. The third-order valence-electron chi connectivity index (χ3n) is 3.00. The first-order valence-electron chi connectivity index (χ1n) is 5.95. The van der Waals surface area contributed by atoms with E-state index in [0.29, 0.717) is 10.0 Å². The predicted molar refractivity (Wildman–Crippen MR) is 87.4 cm³/mol. The highest BCUT2D eigenvalue weighted by Gasteiger charge is 2.09. The van der Waals surface area contributed by atoms with Gasteiger partial charge >= 0.3 is 0 Å². The van der Waals surface area contributed by atoms with E-state index >= 15 is 0 Å². The van der Waals surface area contributed by atoms with Gasteiger partial charge in [0.05, 0.1) is 10.0 Å². The van der Waals surface area contributed by atoms with Crippen molar-refractivity contribution in [2.75, 3.05) is 5.32 Å². The van der Waals surface area contributed by atoms with E-state index < -0.39 is 0 Å². The third kappa shape index (κ3) is 3.65. The van der Waals surface area contributed by atoms with Crippen molar-refractivity contribution >= 4 is 44.8 Å². The minimum atomic E-state index is 0.162. The molecule has 0 saturated heterocycles. The summed E-state index contributed by atoms with van der Waals surface area (Å²) in [6.45, 7) is 4.18. The maximum absolute atomic E-state index is 6.05. The maximum atomic E-state index is 6.05. The monoisotopic (exact) mass is 357 g/mol. The number of hydrogen-bond donors (Lipinski definition) is 1. The van der Waals surface area contributed by atoms with Crippen LogP contribution in [0.1, 0.15) is 24.1 Å². The van der Waals surface area contributed by atoms with Gasteiger partial charge in [-0.1, -0.05) is 45.2 Å². The first-order chi connectivity index (χ1) is 8.97. The fourth-order valence-corrected chi connectivity index (χ4v) is 2.67. The molecule has 1 unspecified atom stereocenters. The topological polar surface area (TPSA) is 12.0 Å². The van der Waals surface area contributed by atoms with Crippen LogP contribution in [0.3, 0.4) is 0 Å². The standard InChI is InChI=1S/C15H14BrCl2N/c1-9-7-12(16)4-6-15(9)19-10(2)11-3-5-13(17)14(18)8-11/h3-8,10,19H,1-2H3. The molecule has 0 radical (unpaired) electrons. The molecular formula is C15H14BrCl2N. The number of hydrogen-bond acceptors (Lipinski definition) is 1. The van der Waals surface area contributed by atoms with E-state index in [2.05, 4.69) is 47.2 Å². The Morgan fingerprint density at radius 3 is 2.42 bits per heavy atom. The summed E-state index contributed by atoms with van der Waals surface area (Å²) in [4.78, 5) is 0. The van der Waals surface area contributed by atoms with Crippen molar-refractivity contribution in [2.24, 2.45) is 0 Å². The average molecular weight is 359 g/mol. The average Bonchev–Trinajstić information content (AvgIpc) is 2.36. The molecule has 2 aromatic carbocycles. The fraction of sp³-hybridized carbons (Fsp3) is 0.200. The van der Waals surface area contributed by atoms with E-state index in [0.717, 1.165) is 15.7 Å². The second-order valence-electron chi connectivity index (χ2n) is 4.50. The van der Waals surface area contributed by atoms with Gasteiger partial charge in [0.25, 0.3) is 0 Å². The molecule has 100 valence electrons. The summed E-state index contributed by atoms with van der Waals surface area (Å²) in [5.74, 6) is 0. The molecule has 2 rings (SSSR count). The molecule has 0 aliphatic carbocycles. The summed E-state index contributed by atoms with van der Waals surface area (Å²) >= 11 is 15.4. The zero-order valence-electron chi connectivity index (χ0n) is 10.7. The normalized spacial score (nSPS) is 12.3. The van der Waals surface area contributed by atoms with Gasteiger partial charge in [0.1, 0.15) is 0 Å². The van der Waals surface area contributed by atoms with Crippen molar-refractivity contribution in [1.82, 2.24) is 0 Å². The Balaban J connectivity index is 2.20. The Labute approximate surface area is 132 Å². The van der Waals surface area contributed by atoms with Gasteiger partial charge in [-0.25, -0.2) is 0 Å². The highest BCUT2D eigenvalue weighted by atomic mass is 79.9. The first-order valence-corrected chi connectivity index (χ1v) is 7.50. The SMILES string of the molecule is Cc1cc(Br)ccc1NC(C)c1ccc(Cl)c(Cl)c1. The van der Waals surface area contributed by atoms with E-state index in [1.54, 1.807) is 0 Å². The minimum Gasteiger partial charge on any atom is -0.378 e. The summed E-state index contributed by atoms with van der Waals surface area (Å²) in [6, 6.07) is 12.0. The lowest BCUT2D eigenvalue weighted by Crippen LogP contribution is -2.07. The van der Waals surface area contributed by atoms with Gasteiger partial charge < -0.3 is 5.32 Å². The van der Waals surface area contributed by atoms with E-state index in [9.17, 15) is 0 Å². The van der Waals surface area contributed by atoms with Gasteiger partial charge in [0.15, 0.2) is 0 Å². The quantitative estimate of drug-likeness (QED) is 0.684. The zero-order valence-corrected chi connectivity index (χ0v) is 13.8. The molecule has 0 aliphatic rings. The molecule has 0 aliphatic heterocycles. The maximum Gasteiger partial charge on any atom is 0.0595 e. The van der Waals surface area contributed by atoms with Crippen LogP contribution in [0, 0.1) is 6.92 Å². The van der Waals surface area contributed by atoms with Crippen molar-refractivity contribution in [1.29, 1.82) is 0 Å². The predicted octanol–water partition coefficient (Wildman–Crippen LogP) is 6.24. The van der Waals surface area contributed by atoms with Crippen LogP contribution in [0.2, 0.25) is 10.0 Å². The Bertz CT molecular complexity index is 599. The van der Waals surface area contributed by atoms with Crippen molar-refractivity contribution in [3.63, 3.8) is 0 Å². The Hall–Kier alpha value is -0.700. The molecule has 0 bridgehead atoms. The summed E-state index contributed by atoms with van der Waals surface area (Å²) < 4.78 is 1.08. The van der Waals surface area contributed by atoms with Crippen molar-refractivity contribution in [3.05, 3.63) is 62.0 Å². The van der Waals surface area contributed by atoms with Gasteiger partial charge in [0.2, 0.25) is 0 Å². The van der Waals surface area contributed by atoms with Gasteiger partial charge in [0, 0.05) is 16.2 Å². The van der Waals surface area contributed by atoms with Crippen LogP contribution in [0.5, 0.6) is 0 Å². The highest BCUT2D eigenvalue weighted by Crippen LogP contribution is 2.28. The van der Waals surface area contributed by atoms with Crippen LogP contribution in [0.15, 0.2) is 40.9 Å².